The van der Waals surface area contributed by atoms with Crippen LogP contribution < -0.4 is 9.80 Å². The third-order valence-corrected chi connectivity index (χ3v) is 18.8. The number of phenols is 5. The minimum atomic E-state index is -1.01. The van der Waals surface area contributed by atoms with Crippen LogP contribution in [0.1, 0.15) is 44.5 Å². The SMILES string of the molecule is Oc1c(O)c(O)c(-c2ccc3c(c2)C2(c4ccccc4-c4ccccc42)c2cc(N(c4ccc(-c5ccc(N(c6ccccc6)c6ccccc6)cc5)cc4)c4ccc5c(c4)C4(c6ccccc6-c6ccccc64)c4ccccc4-5)ccc2-3)c(O)c1O. The van der Waals surface area contributed by atoms with Crippen LogP contribution in [0.25, 0.3) is 66.8 Å². The van der Waals surface area contributed by atoms with Crippen LogP contribution in [0.5, 0.6) is 28.7 Å². The van der Waals surface area contributed by atoms with Crippen molar-refractivity contribution in [3.63, 3.8) is 0 Å². The Hall–Kier alpha value is -11.5. The second-order valence-electron chi connectivity index (χ2n) is 23.0. The molecule has 0 aromatic heterocycles. The molecule has 0 bridgehead atoms. The van der Waals surface area contributed by atoms with Gasteiger partial charge in [-0.05, 0) is 185 Å². The maximum absolute atomic E-state index is 11.4. The molecule has 13 aromatic rings. The minimum absolute atomic E-state index is 0.201. The van der Waals surface area contributed by atoms with Crippen LogP contribution in [0.3, 0.4) is 0 Å². The number of benzene rings is 13. The highest BCUT2D eigenvalue weighted by Crippen LogP contribution is 2.66. The molecular weight excluding hydrogens is 1070 g/mol. The molecule has 17 rings (SSSR count). The Bertz CT molecular complexity index is 4820. The first-order valence-corrected chi connectivity index (χ1v) is 29.3. The van der Waals surface area contributed by atoms with Gasteiger partial charge in [0.2, 0.25) is 17.2 Å². The molecule has 0 fully saturated rings. The van der Waals surface area contributed by atoms with E-state index in [0.29, 0.717) is 5.56 Å². The fourth-order valence-electron chi connectivity index (χ4n) is 15.3. The zero-order chi connectivity index (χ0) is 58.3. The van der Waals surface area contributed by atoms with E-state index in [0.717, 1.165) is 89.8 Å². The Balaban J connectivity index is 0.871. The van der Waals surface area contributed by atoms with Gasteiger partial charge in [-0.3, -0.25) is 0 Å². The normalized spacial score (nSPS) is 13.5. The number of hydrogen-bond acceptors (Lipinski definition) is 7. The van der Waals surface area contributed by atoms with Gasteiger partial charge in [0, 0.05) is 34.1 Å². The van der Waals surface area contributed by atoms with Crippen molar-refractivity contribution in [2.45, 2.75) is 10.8 Å². The first-order valence-electron chi connectivity index (χ1n) is 29.3. The summed E-state index contributed by atoms with van der Waals surface area (Å²) in [6.45, 7) is 0. The number of nitrogens with zero attached hydrogens (tertiary/aromatic N) is 2. The third-order valence-electron chi connectivity index (χ3n) is 18.8. The number of hydrogen-bond donors (Lipinski definition) is 5. The van der Waals surface area contributed by atoms with Gasteiger partial charge in [-0.1, -0.05) is 206 Å². The van der Waals surface area contributed by atoms with Crippen molar-refractivity contribution in [1.82, 2.24) is 0 Å². The summed E-state index contributed by atoms with van der Waals surface area (Å²) in [5, 5.41) is 55.1. The highest BCUT2D eigenvalue weighted by Gasteiger charge is 2.54. The predicted molar refractivity (Wildman–Crippen MR) is 348 cm³/mol. The monoisotopic (exact) mass is 1120 g/mol. The lowest BCUT2D eigenvalue weighted by Gasteiger charge is -2.33. The van der Waals surface area contributed by atoms with Gasteiger partial charge >= 0.3 is 0 Å². The van der Waals surface area contributed by atoms with Gasteiger partial charge in [0.05, 0.1) is 16.4 Å². The molecule has 0 amide bonds. The number of aromatic hydroxyl groups is 5. The number of phenolic OH excluding ortho intramolecular Hbond substituents is 5. The Morgan fingerprint density at radius 3 is 0.828 bits per heavy atom. The maximum Gasteiger partial charge on any atom is 0.208 e. The average molecular weight is 1120 g/mol. The summed E-state index contributed by atoms with van der Waals surface area (Å²) >= 11 is 0. The van der Waals surface area contributed by atoms with Gasteiger partial charge < -0.3 is 35.3 Å². The lowest BCUT2D eigenvalue weighted by molar-refractivity contribution is 0.330. The topological polar surface area (TPSA) is 108 Å². The molecule has 4 aliphatic rings. The van der Waals surface area contributed by atoms with Crippen LogP contribution in [-0.4, -0.2) is 25.5 Å². The van der Waals surface area contributed by atoms with Gasteiger partial charge in [-0.2, -0.15) is 0 Å². The second-order valence-corrected chi connectivity index (χ2v) is 23.0. The van der Waals surface area contributed by atoms with E-state index in [1.807, 2.05) is 24.3 Å². The van der Waals surface area contributed by atoms with Crippen molar-refractivity contribution in [3.8, 4) is 95.5 Å². The smallest absolute Gasteiger partial charge is 0.208 e. The highest BCUT2D eigenvalue weighted by molar-refractivity contribution is 6.00. The fraction of sp³-hybridized carbons (Fsp3) is 0.0250. The van der Waals surface area contributed by atoms with Gasteiger partial charge in [0.25, 0.3) is 0 Å². The molecule has 0 unspecified atom stereocenters. The zero-order valence-electron chi connectivity index (χ0n) is 46.8. The Labute approximate surface area is 502 Å². The van der Waals surface area contributed by atoms with Crippen molar-refractivity contribution < 1.29 is 25.5 Å². The van der Waals surface area contributed by atoms with Gasteiger partial charge in [-0.15, -0.1) is 0 Å². The molecule has 13 aromatic carbocycles. The molecule has 0 saturated carbocycles. The molecule has 0 saturated heterocycles. The van der Waals surface area contributed by atoms with E-state index in [2.05, 4.69) is 265 Å². The predicted octanol–water partition coefficient (Wildman–Crippen LogP) is 19.2. The first kappa shape index (κ1) is 50.0. The summed E-state index contributed by atoms with van der Waals surface area (Å²) in [5.74, 6) is -4.36. The molecular formula is C80H52N2O5. The van der Waals surface area contributed by atoms with Crippen LogP contribution in [-0.2, 0) is 10.8 Å². The molecule has 5 N–H and O–H groups in total. The average Bonchev–Trinajstić information content (AvgIpc) is 1.53. The summed E-state index contributed by atoms with van der Waals surface area (Å²) in [6.07, 6.45) is 0. The number of para-hydroxylation sites is 2. The van der Waals surface area contributed by atoms with Gasteiger partial charge in [0.15, 0.2) is 11.5 Å². The second kappa shape index (κ2) is 18.7. The van der Waals surface area contributed by atoms with Crippen LogP contribution >= 0.6 is 0 Å². The summed E-state index contributed by atoms with van der Waals surface area (Å²) in [5.41, 5.74) is 25.0. The van der Waals surface area contributed by atoms with Gasteiger partial charge in [-0.25, -0.2) is 0 Å². The van der Waals surface area contributed by atoms with Crippen molar-refractivity contribution in [2.24, 2.45) is 0 Å². The Morgan fingerprint density at radius 1 is 0.195 bits per heavy atom. The molecule has 0 aliphatic heterocycles. The van der Waals surface area contributed by atoms with Crippen molar-refractivity contribution >= 4 is 34.1 Å². The molecule has 7 nitrogen and oxygen atoms in total. The minimum Gasteiger partial charge on any atom is -0.504 e. The zero-order valence-corrected chi connectivity index (χ0v) is 46.8. The van der Waals surface area contributed by atoms with Crippen molar-refractivity contribution in [1.29, 1.82) is 0 Å². The van der Waals surface area contributed by atoms with E-state index in [1.54, 1.807) is 6.07 Å². The van der Waals surface area contributed by atoms with Crippen LogP contribution in [0.4, 0.5) is 34.1 Å². The number of fused-ring (bicyclic) bond motifs is 20. The van der Waals surface area contributed by atoms with E-state index in [-0.39, 0.29) is 5.56 Å². The molecule has 4 aliphatic carbocycles. The van der Waals surface area contributed by atoms with Crippen LogP contribution in [0.15, 0.2) is 285 Å². The van der Waals surface area contributed by atoms with E-state index in [1.165, 1.54) is 44.5 Å². The van der Waals surface area contributed by atoms with Gasteiger partial charge in [0.1, 0.15) is 0 Å². The highest BCUT2D eigenvalue weighted by atomic mass is 16.4. The molecule has 7 heteroatoms. The Kier molecular flexibility index (Phi) is 10.8. The fourth-order valence-corrected chi connectivity index (χ4v) is 15.3. The van der Waals surface area contributed by atoms with E-state index < -0.39 is 39.6 Å². The quantitative estimate of drug-likeness (QED) is 0.0762. The van der Waals surface area contributed by atoms with Crippen LogP contribution in [0, 0.1) is 0 Å². The van der Waals surface area contributed by atoms with Crippen LogP contribution in [0.2, 0.25) is 0 Å². The molecule has 0 radical (unpaired) electrons. The summed E-state index contributed by atoms with van der Waals surface area (Å²) in [4.78, 5) is 4.66. The number of anilines is 6. The van der Waals surface area contributed by atoms with E-state index in [4.69, 9.17) is 0 Å². The molecule has 87 heavy (non-hydrogen) atoms. The lowest BCUT2D eigenvalue weighted by atomic mass is 9.70. The van der Waals surface area contributed by atoms with Crippen molar-refractivity contribution in [2.75, 3.05) is 9.80 Å². The maximum atomic E-state index is 11.4. The largest absolute Gasteiger partial charge is 0.504 e. The van der Waals surface area contributed by atoms with Crippen molar-refractivity contribution in [3.05, 3.63) is 330 Å². The summed E-state index contributed by atoms with van der Waals surface area (Å²) in [7, 11) is 0. The van der Waals surface area contributed by atoms with E-state index >= 15 is 0 Å². The lowest BCUT2D eigenvalue weighted by Crippen LogP contribution is -2.26. The Morgan fingerprint density at radius 2 is 0.448 bits per heavy atom. The molecule has 412 valence electrons. The third kappa shape index (κ3) is 6.88. The molecule has 0 atom stereocenters. The summed E-state index contributed by atoms with van der Waals surface area (Å²) < 4.78 is 0. The molecule has 2 spiro atoms. The standard InChI is InChI=1S/C80H52N2O5/c83-74-73(75(84)77(86)78(87)76(74)85)50-35-42-62-64-44-41-56(47-72(64)80(70(62)45-50)68-29-15-9-23-59(68)60-24-10-16-30-69(60)80)82(54-38-33-49(34-39-54)48-31-36-53(37-32-48)81(51-17-3-1-4-18-51)52-19-5-2-6-20-52)55-40-43-63-61-25-11-14-28-67(61)79(71(63)46-55)65-26-12-7-21-57(65)58-22-8-13-27-66(58)79/h1-47,83-87H. The summed E-state index contributed by atoms with van der Waals surface area (Å²) in [6, 6.07) is 102. The first-order chi connectivity index (χ1) is 42.7. The molecule has 0 heterocycles. The van der Waals surface area contributed by atoms with E-state index in [9.17, 15) is 25.5 Å². The number of rotatable bonds is 8.